The van der Waals surface area contributed by atoms with E-state index in [4.69, 9.17) is 14.2 Å². The van der Waals surface area contributed by atoms with Crippen molar-refractivity contribution in [2.45, 2.75) is 25.8 Å². The number of ether oxygens (including phenoxy) is 3. The first-order chi connectivity index (χ1) is 13.2. The standard InChI is InChI=1S/C20H26N4O3/c1-13-11-17(21-14-5-4-8-24(2)12-14)22-23-18(13)15-6-7-16-20(19(15)25-3)27-10-9-26-16/h6-7,11,14H,4-5,8-10,12H2,1-3H3,(H,21,22)/t14-/m1/s1. The van der Waals surface area contributed by atoms with E-state index in [1.807, 2.05) is 25.1 Å². The summed E-state index contributed by atoms with van der Waals surface area (Å²) in [6, 6.07) is 6.31. The second-order valence-electron chi connectivity index (χ2n) is 7.18. The third-order valence-corrected chi connectivity index (χ3v) is 5.08. The molecule has 7 heteroatoms. The van der Waals surface area contributed by atoms with E-state index in [0.29, 0.717) is 36.5 Å². The van der Waals surface area contributed by atoms with Crippen LogP contribution in [0.1, 0.15) is 18.4 Å². The van der Waals surface area contributed by atoms with E-state index < -0.39 is 0 Å². The van der Waals surface area contributed by atoms with Crippen molar-refractivity contribution in [2.24, 2.45) is 0 Å². The van der Waals surface area contributed by atoms with Gasteiger partial charge in [0.2, 0.25) is 5.75 Å². The van der Waals surface area contributed by atoms with Crippen LogP contribution in [0, 0.1) is 6.92 Å². The summed E-state index contributed by atoms with van der Waals surface area (Å²) >= 11 is 0. The number of likely N-dealkylation sites (tertiary alicyclic amines) is 1. The fourth-order valence-electron chi connectivity index (χ4n) is 3.79. The number of methoxy groups -OCH3 is 1. The Kier molecular flexibility index (Phi) is 5.03. The molecule has 1 aromatic carbocycles. The molecule has 1 aromatic heterocycles. The molecule has 0 unspecified atom stereocenters. The number of likely N-dealkylation sites (N-methyl/N-ethyl adjacent to an activating group) is 1. The van der Waals surface area contributed by atoms with Gasteiger partial charge in [-0.1, -0.05) is 0 Å². The molecule has 0 aliphatic carbocycles. The van der Waals surface area contributed by atoms with Crippen LogP contribution in [-0.2, 0) is 0 Å². The lowest BCUT2D eigenvalue weighted by Crippen LogP contribution is -2.39. The highest BCUT2D eigenvalue weighted by molar-refractivity contribution is 5.76. The minimum atomic E-state index is 0.409. The van der Waals surface area contributed by atoms with E-state index in [1.165, 1.54) is 6.42 Å². The van der Waals surface area contributed by atoms with Crippen LogP contribution >= 0.6 is 0 Å². The molecular formula is C20H26N4O3. The lowest BCUT2D eigenvalue weighted by atomic mass is 10.0. The van der Waals surface area contributed by atoms with E-state index in [0.717, 1.165) is 42.1 Å². The van der Waals surface area contributed by atoms with Gasteiger partial charge in [-0.2, -0.15) is 0 Å². The first kappa shape index (κ1) is 17.9. The number of hydrogen-bond acceptors (Lipinski definition) is 7. The largest absolute Gasteiger partial charge is 0.492 e. The van der Waals surface area contributed by atoms with Gasteiger partial charge in [0.15, 0.2) is 11.5 Å². The van der Waals surface area contributed by atoms with Crippen LogP contribution in [0.5, 0.6) is 17.2 Å². The highest BCUT2D eigenvalue weighted by Gasteiger charge is 2.23. The maximum absolute atomic E-state index is 5.77. The quantitative estimate of drug-likeness (QED) is 0.887. The van der Waals surface area contributed by atoms with Gasteiger partial charge in [0.1, 0.15) is 19.0 Å². The topological polar surface area (TPSA) is 68.7 Å². The van der Waals surface area contributed by atoms with Crippen molar-refractivity contribution in [2.75, 3.05) is 45.8 Å². The number of anilines is 1. The summed E-state index contributed by atoms with van der Waals surface area (Å²) in [5.74, 6) is 2.79. The molecule has 2 aliphatic heterocycles. The second kappa shape index (κ2) is 7.60. The zero-order chi connectivity index (χ0) is 18.8. The van der Waals surface area contributed by atoms with E-state index in [2.05, 4.69) is 27.5 Å². The fourth-order valence-corrected chi connectivity index (χ4v) is 3.79. The molecule has 0 radical (unpaired) electrons. The van der Waals surface area contributed by atoms with Crippen molar-refractivity contribution in [3.8, 4) is 28.5 Å². The summed E-state index contributed by atoms with van der Waals surface area (Å²) in [5.41, 5.74) is 2.68. The molecule has 0 saturated carbocycles. The third kappa shape index (κ3) is 3.64. The van der Waals surface area contributed by atoms with Gasteiger partial charge in [0.25, 0.3) is 0 Å². The van der Waals surface area contributed by atoms with Crippen LogP contribution in [0.3, 0.4) is 0 Å². The molecule has 0 amide bonds. The lowest BCUT2D eigenvalue weighted by molar-refractivity contribution is 0.165. The van der Waals surface area contributed by atoms with Gasteiger partial charge >= 0.3 is 0 Å². The van der Waals surface area contributed by atoms with Crippen molar-refractivity contribution >= 4 is 5.82 Å². The summed E-state index contributed by atoms with van der Waals surface area (Å²) in [6.07, 6.45) is 2.36. The maximum atomic E-state index is 5.77. The van der Waals surface area contributed by atoms with Crippen LogP contribution in [0.2, 0.25) is 0 Å². The molecule has 144 valence electrons. The normalized spacial score (nSPS) is 19.6. The Morgan fingerprint density at radius 2 is 2.07 bits per heavy atom. The number of benzene rings is 1. The Morgan fingerprint density at radius 1 is 1.22 bits per heavy atom. The van der Waals surface area contributed by atoms with E-state index in [-0.39, 0.29) is 0 Å². The number of fused-ring (bicyclic) bond motifs is 1. The summed E-state index contributed by atoms with van der Waals surface area (Å²) in [4.78, 5) is 2.34. The third-order valence-electron chi connectivity index (χ3n) is 5.08. The van der Waals surface area contributed by atoms with Crippen molar-refractivity contribution in [1.82, 2.24) is 15.1 Å². The van der Waals surface area contributed by atoms with Crippen LogP contribution in [-0.4, -0.2) is 61.6 Å². The highest BCUT2D eigenvalue weighted by atomic mass is 16.6. The minimum Gasteiger partial charge on any atom is -0.492 e. The number of nitrogens with zero attached hydrogens (tertiary/aromatic N) is 3. The first-order valence-electron chi connectivity index (χ1n) is 9.42. The van der Waals surface area contributed by atoms with Crippen molar-refractivity contribution < 1.29 is 14.2 Å². The molecule has 3 heterocycles. The SMILES string of the molecule is COc1c(-c2nnc(N[C@@H]3CCCN(C)C3)cc2C)ccc2c1OCCO2. The van der Waals surface area contributed by atoms with Crippen molar-refractivity contribution in [1.29, 1.82) is 0 Å². The molecular weight excluding hydrogens is 344 g/mol. The molecule has 27 heavy (non-hydrogen) atoms. The average molecular weight is 370 g/mol. The molecule has 1 N–H and O–H groups in total. The Hall–Kier alpha value is -2.54. The van der Waals surface area contributed by atoms with E-state index in [9.17, 15) is 0 Å². The minimum absolute atomic E-state index is 0.409. The van der Waals surface area contributed by atoms with Gasteiger partial charge in [-0.3, -0.25) is 0 Å². The van der Waals surface area contributed by atoms with Gasteiger partial charge < -0.3 is 24.4 Å². The number of piperidine rings is 1. The number of hydrogen-bond donors (Lipinski definition) is 1. The van der Waals surface area contributed by atoms with Crippen LogP contribution in [0.25, 0.3) is 11.3 Å². The highest BCUT2D eigenvalue weighted by Crippen LogP contribution is 2.45. The molecule has 1 saturated heterocycles. The molecule has 0 bridgehead atoms. The Morgan fingerprint density at radius 3 is 2.85 bits per heavy atom. The van der Waals surface area contributed by atoms with Crippen molar-refractivity contribution in [3.63, 3.8) is 0 Å². The number of nitrogens with one attached hydrogen (secondary N) is 1. The molecule has 4 rings (SSSR count). The Bertz CT molecular complexity index is 827. The summed E-state index contributed by atoms with van der Waals surface area (Å²) < 4.78 is 17.0. The fraction of sp³-hybridized carbons (Fsp3) is 0.500. The lowest BCUT2D eigenvalue weighted by Gasteiger charge is -2.30. The number of rotatable bonds is 4. The predicted molar refractivity (Wildman–Crippen MR) is 104 cm³/mol. The second-order valence-corrected chi connectivity index (χ2v) is 7.18. The van der Waals surface area contributed by atoms with E-state index in [1.54, 1.807) is 7.11 Å². The molecule has 1 atom stereocenters. The Labute approximate surface area is 159 Å². The predicted octanol–water partition coefficient (Wildman–Crippen LogP) is 2.74. The first-order valence-corrected chi connectivity index (χ1v) is 9.42. The smallest absolute Gasteiger partial charge is 0.204 e. The average Bonchev–Trinajstić information content (AvgIpc) is 2.67. The van der Waals surface area contributed by atoms with Gasteiger partial charge in [-0.15, -0.1) is 10.2 Å². The Balaban J connectivity index is 1.61. The summed E-state index contributed by atoms with van der Waals surface area (Å²) in [6.45, 7) is 5.28. The van der Waals surface area contributed by atoms with Gasteiger partial charge in [-0.25, -0.2) is 0 Å². The molecule has 2 aliphatic rings. The molecule has 7 nitrogen and oxygen atoms in total. The molecule has 2 aromatic rings. The zero-order valence-corrected chi connectivity index (χ0v) is 16.1. The van der Waals surface area contributed by atoms with Crippen molar-refractivity contribution in [3.05, 3.63) is 23.8 Å². The zero-order valence-electron chi connectivity index (χ0n) is 16.1. The number of aryl methyl sites for hydroxylation is 1. The summed E-state index contributed by atoms with van der Waals surface area (Å²) in [5, 5.41) is 12.4. The maximum Gasteiger partial charge on any atom is 0.204 e. The molecule has 1 fully saturated rings. The number of aromatic nitrogens is 2. The molecule has 0 spiro atoms. The van der Waals surface area contributed by atoms with E-state index >= 15 is 0 Å². The van der Waals surface area contributed by atoms with Gasteiger partial charge in [0.05, 0.1) is 12.8 Å². The van der Waals surface area contributed by atoms with Crippen LogP contribution in [0.15, 0.2) is 18.2 Å². The summed E-state index contributed by atoms with van der Waals surface area (Å²) in [7, 11) is 3.79. The van der Waals surface area contributed by atoms with Gasteiger partial charge in [0, 0.05) is 18.2 Å². The van der Waals surface area contributed by atoms with Gasteiger partial charge in [-0.05, 0) is 57.1 Å². The van der Waals surface area contributed by atoms with Crippen LogP contribution < -0.4 is 19.5 Å². The monoisotopic (exact) mass is 370 g/mol. The van der Waals surface area contributed by atoms with Crippen LogP contribution in [0.4, 0.5) is 5.82 Å².